The highest BCUT2D eigenvalue weighted by Crippen LogP contribution is 2.24. The first kappa shape index (κ1) is 22.0. The SMILES string of the molecule is CC(C)C(NC(=O)c1ccc(C(C)(C)C)cc1)C(=O)N1CCC(n2cncn2)CC1. The van der Waals surface area contributed by atoms with Crippen LogP contribution in [0.3, 0.4) is 0 Å². The van der Waals surface area contributed by atoms with E-state index in [4.69, 9.17) is 0 Å². The molecule has 1 aliphatic rings. The van der Waals surface area contributed by atoms with Gasteiger partial charge >= 0.3 is 0 Å². The molecule has 1 aromatic heterocycles. The molecule has 2 aromatic rings. The Morgan fingerprint density at radius 1 is 1.10 bits per heavy atom. The molecule has 0 bridgehead atoms. The van der Waals surface area contributed by atoms with E-state index in [0.717, 1.165) is 12.8 Å². The van der Waals surface area contributed by atoms with Crippen molar-refractivity contribution in [2.75, 3.05) is 13.1 Å². The van der Waals surface area contributed by atoms with Crippen molar-refractivity contribution in [3.8, 4) is 0 Å². The van der Waals surface area contributed by atoms with Gasteiger partial charge in [-0.15, -0.1) is 0 Å². The molecular weight excluding hydrogens is 378 g/mol. The number of nitrogens with one attached hydrogen (secondary N) is 1. The van der Waals surface area contributed by atoms with Gasteiger partial charge < -0.3 is 10.2 Å². The zero-order chi connectivity index (χ0) is 21.9. The molecule has 2 heterocycles. The molecule has 1 unspecified atom stereocenters. The number of nitrogens with zero attached hydrogens (tertiary/aromatic N) is 4. The number of hydrogen-bond acceptors (Lipinski definition) is 4. The van der Waals surface area contributed by atoms with Crippen molar-refractivity contribution < 1.29 is 9.59 Å². The van der Waals surface area contributed by atoms with E-state index < -0.39 is 6.04 Å². The molecule has 1 fully saturated rings. The molecule has 30 heavy (non-hydrogen) atoms. The van der Waals surface area contributed by atoms with Crippen LogP contribution >= 0.6 is 0 Å². The molecule has 2 amide bonds. The van der Waals surface area contributed by atoms with Crippen molar-refractivity contribution in [1.82, 2.24) is 25.0 Å². The molecule has 3 rings (SSSR count). The number of amides is 2. The molecule has 0 spiro atoms. The van der Waals surface area contributed by atoms with Crippen molar-refractivity contribution in [2.45, 2.75) is 65.0 Å². The van der Waals surface area contributed by atoms with E-state index in [9.17, 15) is 9.59 Å². The molecule has 7 heteroatoms. The lowest BCUT2D eigenvalue weighted by Gasteiger charge is -2.35. The summed E-state index contributed by atoms with van der Waals surface area (Å²) in [6.45, 7) is 11.7. The first-order chi connectivity index (χ1) is 14.2. The van der Waals surface area contributed by atoms with Gasteiger partial charge in [0.25, 0.3) is 5.91 Å². The fraction of sp³-hybridized carbons (Fsp3) is 0.565. The summed E-state index contributed by atoms with van der Waals surface area (Å²) in [5.41, 5.74) is 1.78. The zero-order valence-corrected chi connectivity index (χ0v) is 18.6. The monoisotopic (exact) mass is 411 g/mol. The number of likely N-dealkylation sites (tertiary alicyclic amines) is 1. The van der Waals surface area contributed by atoms with Crippen LogP contribution in [0.2, 0.25) is 0 Å². The van der Waals surface area contributed by atoms with E-state index in [1.165, 1.54) is 11.9 Å². The maximum Gasteiger partial charge on any atom is 0.251 e. The minimum Gasteiger partial charge on any atom is -0.341 e. The van der Waals surface area contributed by atoms with Crippen LogP contribution in [0, 0.1) is 5.92 Å². The van der Waals surface area contributed by atoms with E-state index in [2.05, 4.69) is 36.2 Å². The van der Waals surface area contributed by atoms with Crippen LogP contribution < -0.4 is 5.32 Å². The normalized spacial score (nSPS) is 16.5. The lowest BCUT2D eigenvalue weighted by molar-refractivity contribution is -0.135. The van der Waals surface area contributed by atoms with Crippen molar-refractivity contribution >= 4 is 11.8 Å². The highest BCUT2D eigenvalue weighted by molar-refractivity contribution is 5.97. The summed E-state index contributed by atoms with van der Waals surface area (Å²) in [7, 11) is 0. The molecule has 1 atom stereocenters. The van der Waals surface area contributed by atoms with Crippen molar-refractivity contribution in [1.29, 1.82) is 0 Å². The van der Waals surface area contributed by atoms with Gasteiger partial charge in [0.15, 0.2) is 0 Å². The van der Waals surface area contributed by atoms with Crippen LogP contribution in [0.25, 0.3) is 0 Å². The Morgan fingerprint density at radius 2 is 1.73 bits per heavy atom. The van der Waals surface area contributed by atoms with Gasteiger partial charge in [0, 0.05) is 18.7 Å². The molecule has 7 nitrogen and oxygen atoms in total. The predicted octanol–water partition coefficient (Wildman–Crippen LogP) is 3.19. The topological polar surface area (TPSA) is 80.1 Å². The van der Waals surface area contributed by atoms with Crippen molar-refractivity contribution in [2.24, 2.45) is 5.92 Å². The Kier molecular flexibility index (Phi) is 6.58. The standard InChI is InChI=1S/C23H33N5O2/c1-16(2)20(26-21(29)17-6-8-18(9-7-17)23(3,4)5)22(30)27-12-10-19(11-13-27)28-15-24-14-25-28/h6-9,14-16,19-20H,10-13H2,1-5H3,(H,26,29). The van der Waals surface area contributed by atoms with Gasteiger partial charge in [-0.3, -0.25) is 9.59 Å². The van der Waals surface area contributed by atoms with Crippen molar-refractivity contribution in [3.63, 3.8) is 0 Å². The van der Waals surface area contributed by atoms with E-state index in [-0.39, 0.29) is 29.2 Å². The van der Waals surface area contributed by atoms with E-state index in [1.54, 1.807) is 6.33 Å². The third-order valence-electron chi connectivity index (χ3n) is 5.82. The molecule has 162 valence electrons. The quantitative estimate of drug-likeness (QED) is 0.819. The largest absolute Gasteiger partial charge is 0.341 e. The van der Waals surface area contributed by atoms with Crippen LogP contribution in [-0.4, -0.2) is 50.6 Å². The molecule has 1 saturated heterocycles. The fourth-order valence-electron chi connectivity index (χ4n) is 3.81. The van der Waals surface area contributed by atoms with E-state index in [1.807, 2.05) is 47.7 Å². The highest BCUT2D eigenvalue weighted by Gasteiger charge is 2.32. The zero-order valence-electron chi connectivity index (χ0n) is 18.6. The minimum absolute atomic E-state index is 0.00309. The Labute approximate surface area is 178 Å². The highest BCUT2D eigenvalue weighted by atomic mass is 16.2. The fourth-order valence-corrected chi connectivity index (χ4v) is 3.81. The van der Waals surface area contributed by atoms with Crippen molar-refractivity contribution in [3.05, 3.63) is 48.0 Å². The van der Waals surface area contributed by atoms with Crippen LogP contribution in [0.4, 0.5) is 0 Å². The summed E-state index contributed by atoms with van der Waals surface area (Å²) in [5.74, 6) is -0.218. The van der Waals surface area contributed by atoms with Gasteiger partial charge in [-0.25, -0.2) is 9.67 Å². The molecule has 0 radical (unpaired) electrons. The third-order valence-corrected chi connectivity index (χ3v) is 5.82. The third kappa shape index (κ3) is 5.07. The van der Waals surface area contributed by atoms with Gasteiger partial charge in [0.05, 0.1) is 6.04 Å². The summed E-state index contributed by atoms with van der Waals surface area (Å²) in [5, 5.41) is 7.18. The Hall–Kier alpha value is -2.70. The molecule has 1 aliphatic heterocycles. The number of aromatic nitrogens is 3. The number of rotatable bonds is 5. The van der Waals surface area contributed by atoms with Crippen LogP contribution in [0.15, 0.2) is 36.9 Å². The van der Waals surface area contributed by atoms with Gasteiger partial charge in [-0.05, 0) is 41.9 Å². The lowest BCUT2D eigenvalue weighted by Crippen LogP contribution is -2.53. The number of hydrogen-bond donors (Lipinski definition) is 1. The first-order valence-corrected chi connectivity index (χ1v) is 10.7. The lowest BCUT2D eigenvalue weighted by atomic mass is 9.86. The molecular formula is C23H33N5O2. The average molecular weight is 412 g/mol. The van der Waals surface area contributed by atoms with Crippen LogP contribution in [0.1, 0.15) is 69.4 Å². The van der Waals surface area contributed by atoms with E-state index in [0.29, 0.717) is 18.7 Å². The molecule has 1 aromatic carbocycles. The maximum absolute atomic E-state index is 13.2. The number of piperidine rings is 1. The Morgan fingerprint density at radius 3 is 2.23 bits per heavy atom. The summed E-state index contributed by atoms with van der Waals surface area (Å²) >= 11 is 0. The molecule has 0 aliphatic carbocycles. The number of benzene rings is 1. The number of carbonyl (C=O) groups is 2. The average Bonchev–Trinajstić information content (AvgIpc) is 3.25. The van der Waals surface area contributed by atoms with Crippen LogP contribution in [0.5, 0.6) is 0 Å². The summed E-state index contributed by atoms with van der Waals surface area (Å²) < 4.78 is 1.87. The van der Waals surface area contributed by atoms with Gasteiger partial charge in [0.2, 0.25) is 5.91 Å². The Bertz CT molecular complexity index is 845. The smallest absolute Gasteiger partial charge is 0.251 e. The Balaban J connectivity index is 1.62. The predicted molar refractivity (Wildman–Crippen MR) is 116 cm³/mol. The summed E-state index contributed by atoms with van der Waals surface area (Å²) in [6.07, 6.45) is 4.93. The minimum atomic E-state index is -0.539. The van der Waals surface area contributed by atoms with Gasteiger partial charge in [-0.2, -0.15) is 5.10 Å². The number of carbonyl (C=O) groups excluding carboxylic acids is 2. The summed E-state index contributed by atoms with van der Waals surface area (Å²) in [4.78, 5) is 31.8. The maximum atomic E-state index is 13.2. The van der Waals surface area contributed by atoms with Gasteiger partial charge in [-0.1, -0.05) is 46.8 Å². The second-order valence-corrected chi connectivity index (χ2v) is 9.45. The summed E-state index contributed by atoms with van der Waals surface area (Å²) in [6, 6.07) is 7.36. The van der Waals surface area contributed by atoms with Crippen LogP contribution in [-0.2, 0) is 10.2 Å². The first-order valence-electron chi connectivity index (χ1n) is 10.7. The second kappa shape index (κ2) is 8.98. The van der Waals surface area contributed by atoms with E-state index >= 15 is 0 Å². The molecule has 0 saturated carbocycles. The second-order valence-electron chi connectivity index (χ2n) is 9.45. The molecule has 1 N–H and O–H groups in total. The van der Waals surface area contributed by atoms with Gasteiger partial charge in [0.1, 0.15) is 18.7 Å².